The van der Waals surface area contributed by atoms with Crippen molar-refractivity contribution in [2.24, 2.45) is 0 Å². The summed E-state index contributed by atoms with van der Waals surface area (Å²) in [5.41, 5.74) is 0. The van der Waals surface area contributed by atoms with E-state index in [2.05, 4.69) is 135 Å². The van der Waals surface area contributed by atoms with Gasteiger partial charge < -0.3 is 28.6 Å². The first-order valence-electron chi connectivity index (χ1n) is 25.6. The van der Waals surface area contributed by atoms with Crippen LogP contribution in [-0.4, -0.2) is 75.5 Å². The van der Waals surface area contributed by atoms with Crippen LogP contribution < -0.4 is 5.11 Å². The van der Waals surface area contributed by atoms with Crippen molar-refractivity contribution in [3.63, 3.8) is 0 Å². The Kier molecular flexibility index (Phi) is 44.2. The molecule has 2 atom stereocenters. The molecule has 0 spiro atoms. The summed E-state index contributed by atoms with van der Waals surface area (Å²) in [7, 11) is 5.38. The van der Waals surface area contributed by atoms with E-state index in [0.29, 0.717) is 6.42 Å². The minimum absolute atomic E-state index is 0.0100. The van der Waals surface area contributed by atoms with Gasteiger partial charge in [0.05, 0.1) is 40.3 Å². The van der Waals surface area contributed by atoms with Crippen LogP contribution in [0.2, 0.25) is 0 Å². The van der Waals surface area contributed by atoms with Crippen LogP contribution in [0.15, 0.2) is 122 Å². The molecule has 0 aliphatic rings. The number of carboxylic acid groups (broad SMARTS) is 1. The number of allylic oxidation sites excluding steroid dienone is 20. The summed E-state index contributed by atoms with van der Waals surface area (Å²) in [6.07, 6.45) is 66.6. The molecule has 0 aromatic heterocycles. The molecule has 2 unspecified atom stereocenters. The van der Waals surface area contributed by atoms with Gasteiger partial charge in [-0.2, -0.15) is 0 Å². The third-order valence-corrected chi connectivity index (χ3v) is 10.6. The molecule has 0 aliphatic heterocycles. The van der Waals surface area contributed by atoms with Gasteiger partial charge in [-0.05, 0) is 109 Å². The highest BCUT2D eigenvalue weighted by molar-refractivity contribution is 5.70. The SMILES string of the molecule is CC/C=C/C/C=C/C/C=C/C/C=C/C/C=C/C/C=C/CCCCC(=O)OCC(COCCC(C(=O)[O-])[N+](C)(C)C)OC(=O)CCCCCCC/C=C/C/C=C/C/C=C/C/C=C/CCCCC. The van der Waals surface area contributed by atoms with E-state index in [1.165, 1.54) is 25.7 Å². The first kappa shape index (κ1) is 61.7. The molecule has 372 valence electrons. The molecule has 8 heteroatoms. The number of likely N-dealkylation sites (N-methyl/N-ethyl adjacent to an activating group) is 1. The Hall–Kier alpha value is -4.27. The number of quaternary nitrogens is 1. The van der Waals surface area contributed by atoms with E-state index in [4.69, 9.17) is 14.2 Å². The summed E-state index contributed by atoms with van der Waals surface area (Å²) < 4.78 is 17.2. The third-order valence-electron chi connectivity index (χ3n) is 10.6. The zero-order valence-corrected chi connectivity index (χ0v) is 42.3. The normalized spacial score (nSPS) is 13.9. The van der Waals surface area contributed by atoms with Crippen LogP contribution in [0.1, 0.15) is 174 Å². The fraction of sp³-hybridized carbons (Fsp3) is 0.603. The van der Waals surface area contributed by atoms with Gasteiger partial charge >= 0.3 is 11.9 Å². The van der Waals surface area contributed by atoms with Gasteiger partial charge in [0, 0.05) is 19.3 Å². The monoisotopic (exact) mass is 916 g/mol. The molecule has 0 saturated carbocycles. The van der Waals surface area contributed by atoms with E-state index < -0.39 is 18.1 Å². The van der Waals surface area contributed by atoms with Crippen LogP contribution in [0.4, 0.5) is 0 Å². The van der Waals surface area contributed by atoms with E-state index in [9.17, 15) is 19.5 Å². The lowest BCUT2D eigenvalue weighted by Crippen LogP contribution is -2.55. The number of hydrogen-bond acceptors (Lipinski definition) is 7. The number of nitrogens with zero attached hydrogens (tertiary/aromatic N) is 1. The smallest absolute Gasteiger partial charge is 0.306 e. The molecule has 0 heterocycles. The molecule has 0 fully saturated rings. The zero-order valence-electron chi connectivity index (χ0n) is 42.3. The van der Waals surface area contributed by atoms with Gasteiger partial charge in [0.15, 0.2) is 6.10 Å². The Balaban J connectivity index is 4.42. The molecule has 0 bridgehead atoms. The maximum atomic E-state index is 12.8. The van der Waals surface area contributed by atoms with Crippen molar-refractivity contribution in [3.8, 4) is 0 Å². The van der Waals surface area contributed by atoms with Crippen molar-refractivity contribution in [2.45, 2.75) is 187 Å². The van der Waals surface area contributed by atoms with Gasteiger partial charge in [0.25, 0.3) is 0 Å². The molecule has 0 N–H and O–H groups in total. The van der Waals surface area contributed by atoms with Gasteiger partial charge in [-0.1, -0.05) is 167 Å². The minimum atomic E-state index is -1.14. The molecule has 0 aliphatic carbocycles. The second-order valence-electron chi connectivity index (χ2n) is 17.7. The summed E-state index contributed by atoms with van der Waals surface area (Å²) >= 11 is 0. The van der Waals surface area contributed by atoms with Crippen LogP contribution in [0.5, 0.6) is 0 Å². The van der Waals surface area contributed by atoms with Crippen molar-refractivity contribution in [3.05, 3.63) is 122 Å². The van der Waals surface area contributed by atoms with Crippen molar-refractivity contribution < 1.29 is 38.2 Å². The van der Waals surface area contributed by atoms with E-state index in [1.807, 2.05) is 0 Å². The van der Waals surface area contributed by atoms with E-state index in [-0.39, 0.29) is 55.5 Å². The third kappa shape index (κ3) is 44.9. The average Bonchev–Trinajstić information content (AvgIpc) is 3.28. The second-order valence-corrected chi connectivity index (χ2v) is 17.7. The lowest BCUT2D eigenvalue weighted by molar-refractivity contribution is -0.889. The Bertz CT molecular complexity index is 1490. The lowest BCUT2D eigenvalue weighted by atomic mass is 10.1. The van der Waals surface area contributed by atoms with Gasteiger partial charge in [-0.3, -0.25) is 9.59 Å². The fourth-order valence-corrected chi connectivity index (χ4v) is 6.64. The van der Waals surface area contributed by atoms with E-state index >= 15 is 0 Å². The number of carboxylic acids is 1. The Morgan fingerprint density at radius 3 is 1.29 bits per heavy atom. The number of aliphatic carboxylic acids is 1. The van der Waals surface area contributed by atoms with Crippen LogP contribution in [0.3, 0.4) is 0 Å². The van der Waals surface area contributed by atoms with Gasteiger partial charge in [0.1, 0.15) is 12.6 Å². The highest BCUT2D eigenvalue weighted by atomic mass is 16.6. The van der Waals surface area contributed by atoms with Gasteiger partial charge in [-0.25, -0.2) is 0 Å². The van der Waals surface area contributed by atoms with Crippen LogP contribution in [0, 0.1) is 0 Å². The summed E-state index contributed by atoms with van der Waals surface area (Å²) in [6.45, 7) is 4.44. The van der Waals surface area contributed by atoms with Gasteiger partial charge in [-0.15, -0.1) is 0 Å². The quantitative estimate of drug-likeness (QED) is 0.0260. The number of hydrogen-bond donors (Lipinski definition) is 0. The highest BCUT2D eigenvalue weighted by Crippen LogP contribution is 2.12. The van der Waals surface area contributed by atoms with Crippen molar-refractivity contribution in [1.82, 2.24) is 0 Å². The molecular formula is C58H93NO7. The number of unbranched alkanes of at least 4 members (excludes halogenated alkanes) is 10. The molecule has 0 radical (unpaired) electrons. The van der Waals surface area contributed by atoms with Crippen LogP contribution in [0.25, 0.3) is 0 Å². The average molecular weight is 916 g/mol. The predicted octanol–water partition coefficient (Wildman–Crippen LogP) is 13.6. The maximum absolute atomic E-state index is 12.8. The fourth-order valence-electron chi connectivity index (χ4n) is 6.64. The summed E-state index contributed by atoms with van der Waals surface area (Å²) in [6, 6.07) is -0.745. The number of carbonyl (C=O) groups excluding carboxylic acids is 3. The Morgan fingerprint density at radius 1 is 0.470 bits per heavy atom. The first-order valence-corrected chi connectivity index (χ1v) is 25.6. The van der Waals surface area contributed by atoms with Crippen molar-refractivity contribution >= 4 is 17.9 Å². The standard InChI is InChI=1S/C58H93NO7/c1-6-8-10-12-14-16-18-20-22-24-26-28-30-32-34-36-38-40-42-44-46-48-56(60)65-53-54(52-64-51-50-55(58(62)63)59(3,4)5)66-57(61)49-47-45-43-41-39-37-35-33-31-29-27-25-23-21-19-17-15-13-11-9-7-2/h8,10,14-17,20-23,26-29,32-35,38,40,54-55H,6-7,9,11-13,18-19,24-25,30-31,36-37,39,41-53H2,1-5H3/b10-8+,16-14+,17-15+,22-20+,23-21+,28-26+,29-27+,34-32+,35-33+,40-38+. The molecule has 8 nitrogen and oxygen atoms in total. The Morgan fingerprint density at radius 2 is 0.848 bits per heavy atom. The number of rotatable bonds is 44. The van der Waals surface area contributed by atoms with Gasteiger partial charge in [0.2, 0.25) is 0 Å². The number of esters is 2. The maximum Gasteiger partial charge on any atom is 0.306 e. The molecule has 0 amide bonds. The van der Waals surface area contributed by atoms with Crippen LogP contribution >= 0.6 is 0 Å². The second kappa shape index (κ2) is 47.2. The highest BCUT2D eigenvalue weighted by Gasteiger charge is 2.25. The summed E-state index contributed by atoms with van der Waals surface area (Å²) in [5, 5.41) is 11.7. The molecule has 0 aromatic rings. The molecule has 0 rings (SSSR count). The van der Waals surface area contributed by atoms with Crippen LogP contribution in [-0.2, 0) is 28.6 Å². The Labute approximate surface area is 403 Å². The lowest BCUT2D eigenvalue weighted by Gasteiger charge is -2.34. The van der Waals surface area contributed by atoms with Crippen molar-refractivity contribution in [1.29, 1.82) is 0 Å². The molecule has 0 saturated heterocycles. The molecular weight excluding hydrogens is 823 g/mol. The minimum Gasteiger partial charge on any atom is -0.544 e. The molecule has 66 heavy (non-hydrogen) atoms. The number of carbonyl (C=O) groups is 3. The van der Waals surface area contributed by atoms with E-state index in [1.54, 1.807) is 21.1 Å². The summed E-state index contributed by atoms with van der Waals surface area (Å²) in [5.74, 6) is -1.83. The zero-order chi connectivity index (χ0) is 48.4. The first-order chi connectivity index (χ1) is 32.1. The number of ether oxygens (including phenoxy) is 3. The topological polar surface area (TPSA) is 102 Å². The van der Waals surface area contributed by atoms with E-state index in [0.717, 1.165) is 109 Å². The van der Waals surface area contributed by atoms with Crippen molar-refractivity contribution in [2.75, 3.05) is 41.0 Å². The predicted molar refractivity (Wildman–Crippen MR) is 277 cm³/mol. The summed E-state index contributed by atoms with van der Waals surface area (Å²) in [4.78, 5) is 37.0. The largest absolute Gasteiger partial charge is 0.544 e. The molecule has 0 aromatic carbocycles.